The molecule has 4 heterocycles. The first-order chi connectivity index (χ1) is 15.9. The topological polar surface area (TPSA) is 91.6 Å². The molecule has 2 aliphatic rings. The van der Waals surface area contributed by atoms with Gasteiger partial charge in [0.2, 0.25) is 5.82 Å². The van der Waals surface area contributed by atoms with Gasteiger partial charge in [-0.1, -0.05) is 6.07 Å². The summed E-state index contributed by atoms with van der Waals surface area (Å²) in [5.41, 5.74) is 0.591. The number of halogens is 1. The molecule has 12 heteroatoms. The molecule has 2 saturated heterocycles. The van der Waals surface area contributed by atoms with Gasteiger partial charge in [-0.2, -0.15) is 17.0 Å². The molecule has 0 N–H and O–H groups in total. The quantitative estimate of drug-likeness (QED) is 0.547. The summed E-state index contributed by atoms with van der Waals surface area (Å²) >= 11 is 1.46. The molecule has 5 rings (SSSR count). The Morgan fingerprint density at radius 1 is 0.939 bits per heavy atom. The molecule has 0 atom stereocenters. The van der Waals surface area contributed by atoms with Crippen LogP contribution in [0.1, 0.15) is 23.5 Å². The number of amides is 1. The van der Waals surface area contributed by atoms with Crippen LogP contribution in [-0.4, -0.2) is 81.9 Å². The molecular weight excluding hydrogens is 467 g/mol. The number of hydrogen-bond donors (Lipinski definition) is 0. The van der Waals surface area contributed by atoms with E-state index in [2.05, 4.69) is 10.1 Å². The monoisotopic (exact) mass is 490 g/mol. The second kappa shape index (κ2) is 8.93. The summed E-state index contributed by atoms with van der Waals surface area (Å²) in [6.07, 6.45) is 1.76. The molecule has 9 nitrogen and oxygen atoms in total. The first-order valence-corrected chi connectivity index (χ1v) is 13.0. The van der Waals surface area contributed by atoms with Crippen molar-refractivity contribution in [1.82, 2.24) is 28.3 Å². The van der Waals surface area contributed by atoms with Crippen molar-refractivity contribution in [2.24, 2.45) is 0 Å². The summed E-state index contributed by atoms with van der Waals surface area (Å²) in [5.74, 6) is -0.199. The van der Waals surface area contributed by atoms with Crippen LogP contribution in [0.5, 0.6) is 0 Å². The highest BCUT2D eigenvalue weighted by Gasteiger charge is 2.35. The molecule has 0 saturated carbocycles. The van der Waals surface area contributed by atoms with Crippen molar-refractivity contribution < 1.29 is 17.6 Å². The van der Waals surface area contributed by atoms with E-state index in [4.69, 9.17) is 0 Å². The lowest BCUT2D eigenvalue weighted by molar-refractivity contribution is 0.0682. The molecular formula is C21H23FN6O3S2. The van der Waals surface area contributed by atoms with Crippen LogP contribution in [0.2, 0.25) is 0 Å². The summed E-state index contributed by atoms with van der Waals surface area (Å²) in [7, 11) is -3.48. The van der Waals surface area contributed by atoms with E-state index in [1.807, 2.05) is 17.5 Å². The summed E-state index contributed by atoms with van der Waals surface area (Å²) in [5, 5.41) is 6.33. The number of benzene rings is 1. The molecule has 2 aromatic heterocycles. The van der Waals surface area contributed by atoms with E-state index >= 15 is 0 Å². The number of rotatable bonds is 5. The highest BCUT2D eigenvalue weighted by Crippen LogP contribution is 2.26. The van der Waals surface area contributed by atoms with Crippen molar-refractivity contribution in [3.8, 4) is 16.4 Å². The Kier molecular flexibility index (Phi) is 5.99. The number of aromatic nitrogens is 3. The average molecular weight is 491 g/mol. The summed E-state index contributed by atoms with van der Waals surface area (Å²) in [6, 6.07) is 9.58. The Labute approximate surface area is 195 Å². The Balaban J connectivity index is 1.36. The Morgan fingerprint density at radius 3 is 2.24 bits per heavy atom. The van der Waals surface area contributed by atoms with Gasteiger partial charge in [0.05, 0.1) is 10.6 Å². The average Bonchev–Trinajstić information content (AvgIpc) is 3.61. The molecule has 2 fully saturated rings. The first-order valence-electron chi connectivity index (χ1n) is 10.7. The molecule has 2 aliphatic heterocycles. The Hall–Kier alpha value is -2.67. The van der Waals surface area contributed by atoms with E-state index < -0.39 is 10.2 Å². The molecule has 0 unspecified atom stereocenters. The van der Waals surface area contributed by atoms with Crippen molar-refractivity contribution in [2.45, 2.75) is 12.8 Å². The number of piperazine rings is 1. The molecule has 1 aromatic carbocycles. The van der Waals surface area contributed by atoms with E-state index in [0.717, 1.165) is 17.7 Å². The Morgan fingerprint density at radius 2 is 1.61 bits per heavy atom. The van der Waals surface area contributed by atoms with Crippen molar-refractivity contribution in [3.05, 3.63) is 53.4 Å². The maximum atomic E-state index is 13.4. The van der Waals surface area contributed by atoms with Crippen LogP contribution in [0.15, 0.2) is 41.8 Å². The van der Waals surface area contributed by atoms with Crippen molar-refractivity contribution in [2.75, 3.05) is 39.3 Å². The predicted octanol–water partition coefficient (Wildman–Crippen LogP) is 2.23. The number of carbonyl (C=O) groups is 1. The van der Waals surface area contributed by atoms with Gasteiger partial charge in [-0.05, 0) is 48.6 Å². The van der Waals surface area contributed by atoms with Gasteiger partial charge < -0.3 is 4.90 Å². The smallest absolute Gasteiger partial charge is 0.293 e. The SMILES string of the molecule is O=C(c1nc(-c2cccs2)n(-c2ccc(F)cc2)n1)N1CCN(S(=O)(=O)N2CCCC2)CC1. The van der Waals surface area contributed by atoms with Crippen LogP contribution in [0.3, 0.4) is 0 Å². The van der Waals surface area contributed by atoms with E-state index in [1.165, 1.54) is 36.8 Å². The van der Waals surface area contributed by atoms with Crippen LogP contribution in [-0.2, 0) is 10.2 Å². The highest BCUT2D eigenvalue weighted by molar-refractivity contribution is 7.86. The molecule has 3 aromatic rings. The lowest BCUT2D eigenvalue weighted by Crippen LogP contribution is -2.53. The third-order valence-corrected chi connectivity index (χ3v) is 8.76. The Bertz CT molecular complexity index is 1230. The van der Waals surface area contributed by atoms with E-state index in [0.29, 0.717) is 24.6 Å². The van der Waals surface area contributed by atoms with Crippen LogP contribution in [0, 0.1) is 5.82 Å². The summed E-state index contributed by atoms with van der Waals surface area (Å²) in [6.45, 7) is 2.12. The maximum absolute atomic E-state index is 13.4. The lowest BCUT2D eigenvalue weighted by Gasteiger charge is -2.35. The maximum Gasteiger partial charge on any atom is 0.293 e. The van der Waals surface area contributed by atoms with Gasteiger partial charge >= 0.3 is 0 Å². The summed E-state index contributed by atoms with van der Waals surface area (Å²) in [4.78, 5) is 20.1. The highest BCUT2D eigenvalue weighted by atomic mass is 32.2. The normalized spacial score (nSPS) is 18.2. The molecule has 33 heavy (non-hydrogen) atoms. The second-order valence-corrected chi connectivity index (χ2v) is 10.8. The van der Waals surface area contributed by atoms with E-state index in [1.54, 1.807) is 17.0 Å². The molecule has 0 radical (unpaired) electrons. The van der Waals surface area contributed by atoms with Crippen LogP contribution >= 0.6 is 11.3 Å². The lowest BCUT2D eigenvalue weighted by atomic mass is 10.3. The minimum atomic E-state index is -3.48. The van der Waals surface area contributed by atoms with Crippen molar-refractivity contribution in [1.29, 1.82) is 0 Å². The van der Waals surface area contributed by atoms with Gasteiger partial charge in [0.1, 0.15) is 5.82 Å². The molecule has 0 spiro atoms. The molecule has 174 valence electrons. The third kappa shape index (κ3) is 4.31. The van der Waals surface area contributed by atoms with Crippen LogP contribution < -0.4 is 0 Å². The van der Waals surface area contributed by atoms with Gasteiger partial charge in [-0.15, -0.1) is 16.4 Å². The van der Waals surface area contributed by atoms with Crippen molar-refractivity contribution >= 4 is 27.5 Å². The molecule has 1 amide bonds. The molecule has 0 bridgehead atoms. The van der Waals surface area contributed by atoms with Gasteiger partial charge in [-0.3, -0.25) is 4.79 Å². The summed E-state index contributed by atoms with van der Waals surface area (Å²) < 4.78 is 43.5. The minimum Gasteiger partial charge on any atom is -0.333 e. The van der Waals surface area contributed by atoms with Gasteiger partial charge in [0.25, 0.3) is 16.1 Å². The van der Waals surface area contributed by atoms with Gasteiger partial charge in [0, 0.05) is 39.3 Å². The van der Waals surface area contributed by atoms with Crippen molar-refractivity contribution in [3.63, 3.8) is 0 Å². The standard InChI is InChI=1S/C21H23FN6O3S2/c22-16-5-7-17(8-6-16)28-20(18-4-3-15-32-18)23-19(24-28)21(29)25-11-13-27(14-12-25)33(30,31)26-9-1-2-10-26/h3-8,15H,1-2,9-14H2. The van der Waals surface area contributed by atoms with E-state index in [9.17, 15) is 17.6 Å². The van der Waals surface area contributed by atoms with E-state index in [-0.39, 0.29) is 43.7 Å². The second-order valence-electron chi connectivity index (χ2n) is 7.93. The minimum absolute atomic E-state index is 0.0265. The first kappa shape index (κ1) is 22.1. The zero-order valence-electron chi connectivity index (χ0n) is 17.8. The number of nitrogens with zero attached hydrogens (tertiary/aromatic N) is 6. The van der Waals surface area contributed by atoms with Crippen LogP contribution in [0.25, 0.3) is 16.4 Å². The zero-order chi connectivity index (χ0) is 23.0. The van der Waals surface area contributed by atoms with Crippen LogP contribution in [0.4, 0.5) is 4.39 Å². The third-order valence-electron chi connectivity index (χ3n) is 5.85. The largest absolute Gasteiger partial charge is 0.333 e. The number of hydrogen-bond acceptors (Lipinski definition) is 6. The fraction of sp³-hybridized carbons (Fsp3) is 0.381. The number of carbonyl (C=O) groups excluding carboxylic acids is 1. The zero-order valence-corrected chi connectivity index (χ0v) is 19.4. The number of thiophene rings is 1. The van der Waals surface area contributed by atoms with Gasteiger partial charge in [-0.25, -0.2) is 14.1 Å². The molecule has 0 aliphatic carbocycles. The fourth-order valence-corrected chi connectivity index (χ4v) is 6.45. The fourth-order valence-electron chi connectivity index (χ4n) is 4.08. The predicted molar refractivity (Wildman–Crippen MR) is 122 cm³/mol. The van der Waals surface area contributed by atoms with Gasteiger partial charge in [0.15, 0.2) is 5.82 Å².